The minimum absolute atomic E-state index is 0.261. The van der Waals surface area contributed by atoms with Crippen LogP contribution in [0.15, 0.2) is 22.7 Å². The second-order valence-electron chi connectivity index (χ2n) is 4.42. The fraction of sp³-hybridized carbons (Fsp3) is 0.462. The van der Waals surface area contributed by atoms with Crippen molar-refractivity contribution in [2.24, 2.45) is 0 Å². The van der Waals surface area contributed by atoms with E-state index < -0.39 is 5.97 Å². The van der Waals surface area contributed by atoms with Crippen LogP contribution in [0, 0.1) is 0 Å². The number of carbonyl (C=O) groups is 1. The van der Waals surface area contributed by atoms with Crippen LogP contribution in [0.2, 0.25) is 0 Å². The maximum Gasteiger partial charge on any atom is 0.336 e. The lowest BCUT2D eigenvalue weighted by Gasteiger charge is -2.33. The predicted molar refractivity (Wildman–Crippen MR) is 73.3 cm³/mol. The third kappa shape index (κ3) is 2.84. The van der Waals surface area contributed by atoms with Gasteiger partial charge in [-0.2, -0.15) is 0 Å². The quantitative estimate of drug-likeness (QED) is 0.932. The first-order valence-corrected chi connectivity index (χ1v) is 6.71. The molecule has 1 heterocycles. The number of carboxylic acids is 1. The molecule has 98 valence electrons. The van der Waals surface area contributed by atoms with Crippen LogP contribution in [-0.4, -0.2) is 37.4 Å². The van der Waals surface area contributed by atoms with Gasteiger partial charge in [-0.1, -0.05) is 0 Å². The third-order valence-corrected chi connectivity index (χ3v) is 3.92. The molecule has 2 rings (SSSR count). The van der Waals surface area contributed by atoms with E-state index in [1.165, 1.54) is 0 Å². The molecule has 1 aromatic carbocycles. The molecule has 0 saturated carbocycles. The van der Waals surface area contributed by atoms with Gasteiger partial charge in [0.25, 0.3) is 0 Å². The highest BCUT2D eigenvalue weighted by molar-refractivity contribution is 9.10. The number of nitrogens with zero attached hydrogens (tertiary/aromatic N) is 1. The van der Waals surface area contributed by atoms with Crippen LogP contribution >= 0.6 is 15.9 Å². The molecule has 1 aromatic rings. The second kappa shape index (κ2) is 5.71. The molecule has 1 aliphatic heterocycles. The zero-order chi connectivity index (χ0) is 13.1. The van der Waals surface area contributed by atoms with Gasteiger partial charge in [0.2, 0.25) is 0 Å². The van der Waals surface area contributed by atoms with Gasteiger partial charge in [0.1, 0.15) is 0 Å². The number of aromatic carboxylic acids is 1. The molecule has 0 bridgehead atoms. The first-order valence-electron chi connectivity index (χ1n) is 5.92. The van der Waals surface area contributed by atoms with Gasteiger partial charge in [-0.25, -0.2) is 4.79 Å². The summed E-state index contributed by atoms with van der Waals surface area (Å²) in [6.07, 6.45) is 2.44. The lowest BCUT2D eigenvalue weighted by Crippen LogP contribution is -2.39. The van der Waals surface area contributed by atoms with Crippen molar-refractivity contribution in [3.05, 3.63) is 28.2 Å². The van der Waals surface area contributed by atoms with E-state index >= 15 is 0 Å². The van der Waals surface area contributed by atoms with E-state index in [0.29, 0.717) is 10.0 Å². The molecule has 1 aliphatic rings. The predicted octanol–water partition coefficient (Wildman–Crippen LogP) is 2.76. The van der Waals surface area contributed by atoms with Crippen LogP contribution in [0.1, 0.15) is 23.2 Å². The lowest BCUT2D eigenvalue weighted by molar-refractivity contribution is 0.0695. The lowest BCUT2D eigenvalue weighted by atomic mass is 10.1. The van der Waals surface area contributed by atoms with Crippen molar-refractivity contribution in [3.8, 4) is 0 Å². The van der Waals surface area contributed by atoms with E-state index in [0.717, 1.165) is 31.6 Å². The van der Waals surface area contributed by atoms with Gasteiger partial charge in [-0.3, -0.25) is 0 Å². The average molecular weight is 314 g/mol. The summed E-state index contributed by atoms with van der Waals surface area (Å²) in [6.45, 7) is 1.84. The Morgan fingerprint density at radius 1 is 1.56 bits per heavy atom. The van der Waals surface area contributed by atoms with Crippen LogP contribution in [0.3, 0.4) is 0 Å². The molecule has 0 radical (unpaired) electrons. The molecule has 0 aliphatic carbocycles. The summed E-state index contributed by atoms with van der Waals surface area (Å²) in [5.41, 5.74) is 1.33. The molecule has 0 spiro atoms. The van der Waals surface area contributed by atoms with Gasteiger partial charge >= 0.3 is 5.97 Å². The summed E-state index contributed by atoms with van der Waals surface area (Å²) in [4.78, 5) is 13.2. The van der Waals surface area contributed by atoms with E-state index in [1.54, 1.807) is 13.2 Å². The number of hydrogen-bond acceptors (Lipinski definition) is 3. The van der Waals surface area contributed by atoms with Crippen molar-refractivity contribution in [3.63, 3.8) is 0 Å². The molecular weight excluding hydrogens is 298 g/mol. The van der Waals surface area contributed by atoms with Crippen LogP contribution in [0.4, 0.5) is 5.69 Å². The smallest absolute Gasteiger partial charge is 0.336 e. The first-order chi connectivity index (χ1) is 8.61. The molecule has 0 aromatic heterocycles. The number of ether oxygens (including phenoxy) is 1. The maximum atomic E-state index is 10.9. The van der Waals surface area contributed by atoms with E-state index in [9.17, 15) is 4.79 Å². The average Bonchev–Trinajstić information content (AvgIpc) is 2.38. The van der Waals surface area contributed by atoms with Gasteiger partial charge in [0.05, 0.1) is 11.7 Å². The first kappa shape index (κ1) is 13.4. The van der Waals surface area contributed by atoms with Crippen molar-refractivity contribution in [1.82, 2.24) is 0 Å². The molecule has 1 saturated heterocycles. The van der Waals surface area contributed by atoms with Gasteiger partial charge in [-0.15, -0.1) is 0 Å². The molecular formula is C13H16BrNO3. The van der Waals surface area contributed by atoms with Gasteiger partial charge in [0, 0.05) is 30.4 Å². The Morgan fingerprint density at radius 2 is 2.33 bits per heavy atom. The number of piperidine rings is 1. The van der Waals surface area contributed by atoms with E-state index in [2.05, 4.69) is 20.8 Å². The molecule has 1 N–H and O–H groups in total. The van der Waals surface area contributed by atoms with Crippen molar-refractivity contribution >= 4 is 27.6 Å². The SMILES string of the molecule is COC1CCCN(c2ccc(C(=O)O)c(Br)c2)C1. The number of anilines is 1. The van der Waals surface area contributed by atoms with Crippen molar-refractivity contribution in [2.45, 2.75) is 18.9 Å². The molecule has 1 fully saturated rings. The summed E-state index contributed by atoms with van der Waals surface area (Å²) in [5.74, 6) is -0.915. The van der Waals surface area contributed by atoms with Crippen LogP contribution < -0.4 is 4.90 Å². The van der Waals surface area contributed by atoms with E-state index in [4.69, 9.17) is 9.84 Å². The fourth-order valence-corrected chi connectivity index (χ4v) is 2.78. The highest BCUT2D eigenvalue weighted by atomic mass is 79.9. The summed E-state index contributed by atoms with van der Waals surface area (Å²) in [5, 5.41) is 8.98. The van der Waals surface area contributed by atoms with Gasteiger partial charge in [-0.05, 0) is 47.0 Å². The zero-order valence-corrected chi connectivity index (χ0v) is 11.8. The minimum Gasteiger partial charge on any atom is -0.478 e. The maximum absolute atomic E-state index is 10.9. The highest BCUT2D eigenvalue weighted by Crippen LogP contribution is 2.27. The van der Waals surface area contributed by atoms with E-state index in [1.807, 2.05) is 12.1 Å². The van der Waals surface area contributed by atoms with Crippen molar-refractivity contribution in [1.29, 1.82) is 0 Å². The Kier molecular flexibility index (Phi) is 4.24. The molecule has 18 heavy (non-hydrogen) atoms. The number of halogens is 1. The summed E-state index contributed by atoms with van der Waals surface area (Å²) in [6, 6.07) is 5.35. The molecule has 1 unspecified atom stereocenters. The Bertz CT molecular complexity index is 450. The Morgan fingerprint density at radius 3 is 2.94 bits per heavy atom. The number of hydrogen-bond donors (Lipinski definition) is 1. The van der Waals surface area contributed by atoms with Crippen molar-refractivity contribution in [2.75, 3.05) is 25.1 Å². The summed E-state index contributed by atoms with van der Waals surface area (Å²) < 4.78 is 6.01. The van der Waals surface area contributed by atoms with Crippen molar-refractivity contribution < 1.29 is 14.6 Å². The van der Waals surface area contributed by atoms with Crippen LogP contribution in [0.25, 0.3) is 0 Å². The monoisotopic (exact) mass is 313 g/mol. The van der Waals surface area contributed by atoms with E-state index in [-0.39, 0.29) is 6.10 Å². The molecule has 5 heteroatoms. The zero-order valence-electron chi connectivity index (χ0n) is 10.2. The Labute approximate surface area is 115 Å². The summed E-state index contributed by atoms with van der Waals surface area (Å²) >= 11 is 3.31. The molecule has 0 amide bonds. The van der Waals surface area contributed by atoms with Gasteiger partial charge in [0.15, 0.2) is 0 Å². The Hall–Kier alpha value is -1.07. The highest BCUT2D eigenvalue weighted by Gasteiger charge is 2.20. The number of carboxylic acid groups (broad SMARTS) is 1. The minimum atomic E-state index is -0.915. The second-order valence-corrected chi connectivity index (χ2v) is 5.27. The van der Waals surface area contributed by atoms with Crippen LogP contribution in [0.5, 0.6) is 0 Å². The molecule has 1 atom stereocenters. The number of methoxy groups -OCH3 is 1. The molecule has 4 nitrogen and oxygen atoms in total. The fourth-order valence-electron chi connectivity index (χ4n) is 2.24. The largest absolute Gasteiger partial charge is 0.478 e. The Balaban J connectivity index is 2.18. The topological polar surface area (TPSA) is 49.8 Å². The summed E-state index contributed by atoms with van der Waals surface area (Å²) in [7, 11) is 1.73. The van der Waals surface area contributed by atoms with Crippen LogP contribution in [-0.2, 0) is 4.74 Å². The number of benzene rings is 1. The van der Waals surface area contributed by atoms with Gasteiger partial charge < -0.3 is 14.7 Å². The number of rotatable bonds is 3. The third-order valence-electron chi connectivity index (χ3n) is 3.26. The normalized spacial score (nSPS) is 19.9. The standard InChI is InChI=1S/C13H16BrNO3/c1-18-10-3-2-6-15(8-10)9-4-5-11(13(16)17)12(14)7-9/h4-5,7,10H,2-3,6,8H2,1H3,(H,16,17).